The maximum absolute atomic E-state index is 11.4. The van der Waals surface area contributed by atoms with Crippen LogP contribution in [0.15, 0.2) is 12.1 Å². The van der Waals surface area contributed by atoms with Crippen LogP contribution in [0.3, 0.4) is 0 Å². The van der Waals surface area contributed by atoms with E-state index in [-0.39, 0.29) is 17.4 Å². The lowest BCUT2D eigenvalue weighted by Crippen LogP contribution is -2.19. The number of nitriles is 1. The van der Waals surface area contributed by atoms with E-state index in [0.717, 1.165) is 17.4 Å². The van der Waals surface area contributed by atoms with Crippen molar-refractivity contribution in [2.45, 2.75) is 52.4 Å². The fourth-order valence-corrected chi connectivity index (χ4v) is 1.99. The maximum atomic E-state index is 11.4. The molecule has 0 spiro atoms. The molecule has 0 radical (unpaired) electrons. The molecule has 0 bridgehead atoms. The van der Waals surface area contributed by atoms with Crippen LogP contribution in [0.1, 0.15) is 63.0 Å². The minimum Gasteiger partial charge on any atom is -0.478 e. The van der Waals surface area contributed by atoms with Gasteiger partial charge in [-0.3, -0.25) is 4.79 Å². The van der Waals surface area contributed by atoms with Crippen LogP contribution in [0, 0.1) is 11.3 Å². The summed E-state index contributed by atoms with van der Waals surface area (Å²) in [6.45, 7) is 12.5. The van der Waals surface area contributed by atoms with Gasteiger partial charge in [-0.05, 0) is 22.5 Å². The molecule has 0 saturated carbocycles. The van der Waals surface area contributed by atoms with Crippen LogP contribution in [-0.4, -0.2) is 12.9 Å². The van der Waals surface area contributed by atoms with Gasteiger partial charge in [-0.15, -0.1) is 0 Å². The van der Waals surface area contributed by atoms with E-state index in [2.05, 4.69) is 47.6 Å². The minimum atomic E-state index is -0.163. The van der Waals surface area contributed by atoms with Crippen LogP contribution < -0.4 is 4.74 Å². The second kappa shape index (κ2) is 5.66. The molecular formula is C17H23NO2. The molecule has 20 heavy (non-hydrogen) atoms. The predicted octanol–water partition coefficient (Wildman–Crippen LogP) is 4.00. The Labute approximate surface area is 121 Å². The molecule has 0 heterocycles. The van der Waals surface area contributed by atoms with E-state index in [9.17, 15) is 4.79 Å². The number of ether oxygens (including phenoxy) is 1. The summed E-state index contributed by atoms with van der Waals surface area (Å²) in [6.07, 6.45) is 0.803. The van der Waals surface area contributed by atoms with Gasteiger partial charge in [0.15, 0.2) is 12.9 Å². The number of hydrogen-bond acceptors (Lipinski definition) is 3. The molecule has 1 aromatic rings. The molecule has 0 aliphatic heterocycles. The van der Waals surface area contributed by atoms with Crippen LogP contribution in [-0.2, 0) is 10.8 Å². The van der Waals surface area contributed by atoms with Gasteiger partial charge >= 0.3 is 0 Å². The summed E-state index contributed by atoms with van der Waals surface area (Å²) in [4.78, 5) is 11.4. The monoisotopic (exact) mass is 273 g/mol. The van der Waals surface area contributed by atoms with Gasteiger partial charge in [0.05, 0.1) is 5.56 Å². The summed E-state index contributed by atoms with van der Waals surface area (Å²) < 4.78 is 5.51. The molecule has 0 amide bonds. The van der Waals surface area contributed by atoms with Gasteiger partial charge in [0, 0.05) is 5.56 Å². The highest BCUT2D eigenvalue weighted by molar-refractivity contribution is 5.81. The molecule has 0 N–H and O–H groups in total. The lowest BCUT2D eigenvalue weighted by molar-refractivity contribution is 0.111. The third-order valence-electron chi connectivity index (χ3n) is 3.20. The molecule has 0 aliphatic rings. The highest BCUT2D eigenvalue weighted by Gasteiger charge is 2.25. The zero-order valence-electron chi connectivity index (χ0n) is 13.2. The Morgan fingerprint density at radius 2 is 1.75 bits per heavy atom. The summed E-state index contributed by atoms with van der Waals surface area (Å²) in [7, 11) is 0. The predicted molar refractivity (Wildman–Crippen MR) is 80.3 cm³/mol. The number of rotatable bonds is 3. The zero-order chi connectivity index (χ0) is 15.6. The lowest BCUT2D eigenvalue weighted by atomic mass is 9.79. The maximum Gasteiger partial charge on any atom is 0.174 e. The Balaban J connectivity index is 3.57. The molecule has 3 nitrogen and oxygen atoms in total. The first-order valence-electron chi connectivity index (χ1n) is 6.75. The summed E-state index contributed by atoms with van der Waals surface area (Å²) in [5, 5.41) is 8.71. The Hall–Kier alpha value is -1.82. The van der Waals surface area contributed by atoms with Crippen molar-refractivity contribution in [1.29, 1.82) is 5.26 Å². The van der Waals surface area contributed by atoms with E-state index in [4.69, 9.17) is 10.00 Å². The number of benzene rings is 1. The van der Waals surface area contributed by atoms with Crippen LogP contribution in [0.4, 0.5) is 0 Å². The highest BCUT2D eigenvalue weighted by atomic mass is 16.5. The Bertz CT molecular complexity index is 540. The van der Waals surface area contributed by atoms with Crippen molar-refractivity contribution in [2.75, 3.05) is 6.61 Å². The molecular weight excluding hydrogens is 250 g/mol. The molecule has 0 fully saturated rings. The van der Waals surface area contributed by atoms with Crippen molar-refractivity contribution in [3.8, 4) is 11.8 Å². The van der Waals surface area contributed by atoms with E-state index in [1.807, 2.05) is 12.1 Å². The van der Waals surface area contributed by atoms with Gasteiger partial charge in [0.2, 0.25) is 0 Å². The first-order valence-corrected chi connectivity index (χ1v) is 6.75. The third kappa shape index (κ3) is 3.60. The molecule has 108 valence electrons. The van der Waals surface area contributed by atoms with Gasteiger partial charge in [0.1, 0.15) is 11.8 Å². The average molecular weight is 273 g/mol. The van der Waals surface area contributed by atoms with Crippen LogP contribution in [0.5, 0.6) is 5.75 Å². The van der Waals surface area contributed by atoms with Gasteiger partial charge in [-0.1, -0.05) is 47.6 Å². The highest BCUT2D eigenvalue weighted by Crippen LogP contribution is 2.37. The van der Waals surface area contributed by atoms with E-state index in [1.54, 1.807) is 0 Å². The van der Waals surface area contributed by atoms with Gasteiger partial charge in [-0.25, -0.2) is 0 Å². The molecule has 0 aliphatic carbocycles. The van der Waals surface area contributed by atoms with Gasteiger partial charge < -0.3 is 4.74 Å². The summed E-state index contributed by atoms with van der Waals surface area (Å²) in [5.41, 5.74) is 2.35. The molecule has 0 atom stereocenters. The number of aldehydes is 1. The van der Waals surface area contributed by atoms with Crippen molar-refractivity contribution < 1.29 is 9.53 Å². The quantitative estimate of drug-likeness (QED) is 0.782. The van der Waals surface area contributed by atoms with Crippen molar-refractivity contribution in [1.82, 2.24) is 0 Å². The van der Waals surface area contributed by atoms with Crippen molar-refractivity contribution in [2.24, 2.45) is 0 Å². The average Bonchev–Trinajstić information content (AvgIpc) is 2.32. The smallest absolute Gasteiger partial charge is 0.174 e. The van der Waals surface area contributed by atoms with Gasteiger partial charge in [0.25, 0.3) is 0 Å². The molecule has 3 heteroatoms. The Kier molecular flexibility index (Phi) is 4.60. The molecule has 1 rings (SSSR count). The fourth-order valence-electron chi connectivity index (χ4n) is 1.99. The van der Waals surface area contributed by atoms with E-state index in [0.29, 0.717) is 11.3 Å². The van der Waals surface area contributed by atoms with Crippen molar-refractivity contribution >= 4 is 6.29 Å². The summed E-state index contributed by atoms with van der Waals surface area (Å²) in [5.74, 6) is 0.530. The molecule has 0 unspecified atom stereocenters. The number of hydrogen-bond donors (Lipinski definition) is 0. The van der Waals surface area contributed by atoms with E-state index < -0.39 is 0 Å². The first kappa shape index (κ1) is 16.2. The van der Waals surface area contributed by atoms with E-state index >= 15 is 0 Å². The standard InChI is InChI=1S/C17H23NO2/c1-16(2,3)13-9-12(11-19)15(20-8-7-18)14(10-13)17(4,5)6/h9-11H,8H2,1-6H3. The number of carbonyl (C=O) groups is 1. The largest absolute Gasteiger partial charge is 0.478 e. The minimum absolute atomic E-state index is 0.0501. The zero-order valence-corrected chi connectivity index (χ0v) is 13.2. The second-order valence-electron chi connectivity index (χ2n) is 7.01. The number of carbonyl (C=O) groups excluding carboxylic acids is 1. The van der Waals surface area contributed by atoms with E-state index in [1.165, 1.54) is 0 Å². The van der Waals surface area contributed by atoms with Gasteiger partial charge in [-0.2, -0.15) is 5.26 Å². The Morgan fingerprint density at radius 3 is 2.15 bits per heavy atom. The normalized spacial score (nSPS) is 11.8. The second-order valence-corrected chi connectivity index (χ2v) is 7.01. The topological polar surface area (TPSA) is 50.1 Å². The van der Waals surface area contributed by atoms with Crippen molar-refractivity contribution in [3.05, 3.63) is 28.8 Å². The molecule has 0 aromatic heterocycles. The summed E-state index contributed by atoms with van der Waals surface area (Å²) >= 11 is 0. The molecule has 0 saturated heterocycles. The third-order valence-corrected chi connectivity index (χ3v) is 3.20. The number of nitrogens with zero attached hydrogens (tertiary/aromatic N) is 1. The lowest BCUT2D eigenvalue weighted by Gasteiger charge is -2.28. The van der Waals surface area contributed by atoms with Crippen LogP contribution >= 0.6 is 0 Å². The SMILES string of the molecule is CC(C)(C)c1cc(C=O)c(OCC#N)c(C(C)(C)C)c1. The Morgan fingerprint density at radius 1 is 1.15 bits per heavy atom. The molecule has 1 aromatic carbocycles. The van der Waals surface area contributed by atoms with Crippen molar-refractivity contribution in [3.63, 3.8) is 0 Å². The fraction of sp³-hybridized carbons (Fsp3) is 0.529. The first-order chi connectivity index (χ1) is 9.11. The summed E-state index contributed by atoms with van der Waals surface area (Å²) in [6, 6.07) is 5.89. The van der Waals surface area contributed by atoms with Crippen LogP contribution in [0.25, 0.3) is 0 Å². The van der Waals surface area contributed by atoms with Crippen LogP contribution in [0.2, 0.25) is 0 Å².